The number of fused-ring (bicyclic) bond motifs is 1. The van der Waals surface area contributed by atoms with E-state index in [0.29, 0.717) is 12.3 Å². The largest absolute Gasteiger partial charge is 0.399 e. The molecule has 0 aliphatic carbocycles. The number of aliphatic hydroxyl groups excluding tert-OH is 1. The minimum atomic E-state index is -1.36. The average Bonchev–Trinajstić information content (AvgIpc) is 2.73. The average molecular weight is 543 g/mol. The van der Waals surface area contributed by atoms with Gasteiger partial charge in [-0.2, -0.15) is 0 Å². The second-order valence-electron chi connectivity index (χ2n) is 10.6. The summed E-state index contributed by atoms with van der Waals surface area (Å²) in [6.07, 6.45) is -3.31. The molecule has 0 fully saturated rings. The third-order valence-electron chi connectivity index (χ3n) is 6.77. The van der Waals surface area contributed by atoms with Crippen LogP contribution in [0.25, 0.3) is 0 Å². The molecule has 0 spiro atoms. The zero-order valence-corrected chi connectivity index (χ0v) is 25.0. The van der Waals surface area contributed by atoms with Crippen molar-refractivity contribution in [3.8, 4) is 0 Å². The van der Waals surface area contributed by atoms with E-state index in [4.69, 9.17) is 38.9 Å². The summed E-state index contributed by atoms with van der Waals surface area (Å²) in [6, 6.07) is 5.85. The van der Waals surface area contributed by atoms with Crippen molar-refractivity contribution in [1.82, 2.24) is 0 Å². The minimum absolute atomic E-state index is 0.236. The molecule has 8 atom stereocenters. The molecule has 220 valence electrons. The Morgan fingerprint density at radius 2 is 1.47 bits per heavy atom. The van der Waals surface area contributed by atoms with Crippen LogP contribution in [0.15, 0.2) is 18.2 Å². The summed E-state index contributed by atoms with van der Waals surface area (Å²) < 4.78 is 41.4. The van der Waals surface area contributed by atoms with Crippen LogP contribution < -0.4 is 10.6 Å². The van der Waals surface area contributed by atoms with Gasteiger partial charge in [0.15, 0.2) is 37.7 Å². The van der Waals surface area contributed by atoms with Crippen molar-refractivity contribution >= 4 is 11.4 Å². The second-order valence-corrected chi connectivity index (χ2v) is 10.6. The van der Waals surface area contributed by atoms with Crippen LogP contribution in [-0.4, -0.2) is 60.9 Å². The lowest BCUT2D eigenvalue weighted by Gasteiger charge is -2.56. The van der Waals surface area contributed by atoms with E-state index in [1.54, 1.807) is 27.7 Å². The van der Waals surface area contributed by atoms with Crippen molar-refractivity contribution in [1.29, 1.82) is 0 Å². The maximum absolute atomic E-state index is 9.81. The molecule has 1 aromatic rings. The zero-order chi connectivity index (χ0) is 28.8. The highest BCUT2D eigenvalue weighted by molar-refractivity contribution is 5.64. The molecule has 0 saturated carbocycles. The van der Waals surface area contributed by atoms with Crippen LogP contribution in [0.3, 0.4) is 0 Å². The first-order chi connectivity index (χ1) is 17.6. The lowest BCUT2D eigenvalue weighted by atomic mass is 9.77. The number of ether oxygens (including phenoxy) is 7. The number of nitrogens with zero attached hydrogens (tertiary/aromatic N) is 1. The van der Waals surface area contributed by atoms with E-state index >= 15 is 0 Å². The van der Waals surface area contributed by atoms with Crippen molar-refractivity contribution in [3.05, 3.63) is 23.8 Å². The quantitative estimate of drug-likeness (QED) is 0.234. The number of aliphatic hydroxyl groups is 1. The predicted octanol–water partition coefficient (Wildman–Crippen LogP) is 4.92. The summed E-state index contributed by atoms with van der Waals surface area (Å²) in [4.78, 5) is 2.10. The molecule has 1 aliphatic heterocycles. The molecule has 8 unspecified atom stereocenters. The molecule has 0 aromatic heterocycles. The highest BCUT2D eigenvalue weighted by Crippen LogP contribution is 2.46. The van der Waals surface area contributed by atoms with Crippen LogP contribution >= 0.6 is 0 Å². The third-order valence-corrected chi connectivity index (χ3v) is 6.77. The van der Waals surface area contributed by atoms with E-state index in [0.717, 1.165) is 17.7 Å². The molecule has 10 heteroatoms. The van der Waals surface area contributed by atoms with E-state index in [9.17, 15) is 5.11 Å². The Hall–Kier alpha value is -1.50. The fourth-order valence-corrected chi connectivity index (χ4v) is 5.07. The molecular formula is C28H50N2O8. The smallest absolute Gasteiger partial charge is 0.253 e. The van der Waals surface area contributed by atoms with Gasteiger partial charge in [0.25, 0.3) is 5.91 Å². The topological polar surface area (TPSA) is 114 Å². The van der Waals surface area contributed by atoms with E-state index in [2.05, 4.69) is 25.7 Å². The SMILES string of the molecule is CCOC(C)OC(C)OC(C)OC(C)OC(C)(OC(C)OC(C)O)N1c2ccc(N)cc2CC(C)C1(C)C. The lowest BCUT2D eigenvalue weighted by Crippen LogP contribution is -2.66. The van der Waals surface area contributed by atoms with E-state index < -0.39 is 43.7 Å². The predicted molar refractivity (Wildman–Crippen MR) is 146 cm³/mol. The van der Waals surface area contributed by atoms with Crippen LogP contribution in [0.5, 0.6) is 0 Å². The second kappa shape index (κ2) is 13.7. The number of nitrogen functional groups attached to an aromatic ring is 1. The molecule has 1 aliphatic rings. The van der Waals surface area contributed by atoms with Gasteiger partial charge in [-0.1, -0.05) is 6.92 Å². The summed E-state index contributed by atoms with van der Waals surface area (Å²) in [5.74, 6) is -1.12. The van der Waals surface area contributed by atoms with Crippen molar-refractivity contribution in [2.45, 2.75) is 132 Å². The molecule has 0 saturated heterocycles. The summed E-state index contributed by atoms with van der Waals surface area (Å²) in [7, 11) is 0. The normalized spacial score (nSPS) is 23.6. The number of rotatable bonds is 15. The molecule has 3 N–H and O–H groups in total. The monoisotopic (exact) mass is 542 g/mol. The minimum Gasteiger partial charge on any atom is -0.399 e. The maximum Gasteiger partial charge on any atom is 0.253 e. The van der Waals surface area contributed by atoms with Gasteiger partial charge in [-0.15, -0.1) is 0 Å². The Kier molecular flexibility index (Phi) is 11.8. The first kappa shape index (κ1) is 32.7. The Balaban J connectivity index is 2.31. The van der Waals surface area contributed by atoms with Gasteiger partial charge in [0, 0.05) is 30.4 Å². The van der Waals surface area contributed by atoms with Gasteiger partial charge in [-0.25, -0.2) is 0 Å². The van der Waals surface area contributed by atoms with Crippen LogP contribution in [-0.2, 0) is 39.6 Å². The molecule has 1 heterocycles. The highest BCUT2D eigenvalue weighted by Gasteiger charge is 2.50. The van der Waals surface area contributed by atoms with Gasteiger partial charge < -0.3 is 48.9 Å². The zero-order valence-electron chi connectivity index (χ0n) is 25.0. The molecule has 38 heavy (non-hydrogen) atoms. The molecule has 0 radical (unpaired) electrons. The summed E-state index contributed by atoms with van der Waals surface area (Å²) >= 11 is 0. The standard InChI is InChI=1S/C28H50N2O8/c1-12-32-19(4)34-20(5)35-21(6)36-23(8)38-28(11,37-22(7)33-18(3)31)30-26-14-13-25(29)16-24(26)15-17(2)27(30,9)10/h13-14,16-23,31H,12,15,29H2,1-11H3. The number of hydrogen-bond acceptors (Lipinski definition) is 10. The van der Waals surface area contributed by atoms with Gasteiger partial charge >= 0.3 is 0 Å². The van der Waals surface area contributed by atoms with Crippen molar-refractivity contribution in [2.24, 2.45) is 5.92 Å². The van der Waals surface area contributed by atoms with Gasteiger partial charge in [0.05, 0.1) is 0 Å². The Bertz CT molecular complexity index is 869. The molecule has 10 nitrogen and oxygen atoms in total. The van der Waals surface area contributed by atoms with Crippen LogP contribution in [0.1, 0.15) is 81.7 Å². The Morgan fingerprint density at radius 3 is 2.03 bits per heavy atom. The molecule has 0 amide bonds. The van der Waals surface area contributed by atoms with Gasteiger partial charge in [-0.05, 0) is 98.4 Å². The number of benzene rings is 1. The van der Waals surface area contributed by atoms with Crippen LogP contribution in [0.4, 0.5) is 11.4 Å². The lowest BCUT2D eigenvalue weighted by molar-refractivity contribution is -0.376. The number of nitrogens with two attached hydrogens (primary N) is 1. The molecular weight excluding hydrogens is 492 g/mol. The van der Waals surface area contributed by atoms with E-state index in [1.165, 1.54) is 6.92 Å². The molecule has 2 rings (SSSR count). The third kappa shape index (κ3) is 8.76. The highest BCUT2D eigenvalue weighted by atomic mass is 16.9. The van der Waals surface area contributed by atoms with Gasteiger partial charge in [0.2, 0.25) is 0 Å². The van der Waals surface area contributed by atoms with Gasteiger partial charge in [0.1, 0.15) is 0 Å². The van der Waals surface area contributed by atoms with Crippen molar-refractivity contribution in [3.63, 3.8) is 0 Å². The van der Waals surface area contributed by atoms with Crippen LogP contribution in [0.2, 0.25) is 0 Å². The van der Waals surface area contributed by atoms with Crippen molar-refractivity contribution < 1.29 is 38.3 Å². The van der Waals surface area contributed by atoms with Crippen LogP contribution in [0, 0.1) is 5.92 Å². The fourth-order valence-electron chi connectivity index (χ4n) is 5.07. The van der Waals surface area contributed by atoms with E-state index in [1.807, 2.05) is 39.0 Å². The Morgan fingerprint density at radius 1 is 0.947 bits per heavy atom. The van der Waals surface area contributed by atoms with Gasteiger partial charge in [-0.3, -0.25) is 0 Å². The molecule has 1 aromatic carbocycles. The molecule has 0 bridgehead atoms. The summed E-state index contributed by atoms with van der Waals surface area (Å²) in [5.41, 5.74) is 8.47. The Labute approximate surface area is 228 Å². The first-order valence-corrected chi connectivity index (χ1v) is 13.5. The van der Waals surface area contributed by atoms with Crippen molar-refractivity contribution in [2.75, 3.05) is 17.2 Å². The fraction of sp³-hybridized carbons (Fsp3) is 0.786. The summed E-state index contributed by atoms with van der Waals surface area (Å²) in [6.45, 7) is 21.2. The maximum atomic E-state index is 9.81. The summed E-state index contributed by atoms with van der Waals surface area (Å²) in [5, 5.41) is 9.81. The first-order valence-electron chi connectivity index (χ1n) is 13.5. The number of hydrogen-bond donors (Lipinski definition) is 2. The number of anilines is 2. The van der Waals surface area contributed by atoms with E-state index in [-0.39, 0.29) is 11.5 Å².